The largest absolute Gasteiger partial charge is 0.485 e. The van der Waals surface area contributed by atoms with Gasteiger partial charge in [0.1, 0.15) is 12.4 Å². The van der Waals surface area contributed by atoms with Gasteiger partial charge >= 0.3 is 0 Å². The summed E-state index contributed by atoms with van der Waals surface area (Å²) in [6.45, 7) is 6.43. The minimum absolute atomic E-state index is 0.0904. The van der Waals surface area contributed by atoms with Crippen LogP contribution in [0, 0.1) is 13.8 Å². The molecule has 2 N–H and O–H groups in total. The first kappa shape index (κ1) is 19.9. The topological polar surface area (TPSA) is 79.9 Å². The molecule has 3 rings (SSSR count). The lowest BCUT2D eigenvalue weighted by molar-refractivity contribution is -0.113. The maximum absolute atomic E-state index is 12.1. The monoisotopic (exact) mass is 396 g/mol. The van der Waals surface area contributed by atoms with E-state index in [1.165, 1.54) is 17.3 Å². The molecular weight excluding hydrogens is 372 g/mol. The minimum Gasteiger partial charge on any atom is -0.485 e. The number of hydrogen-bond acceptors (Lipinski definition) is 5. The molecule has 0 aliphatic carbocycles. The summed E-state index contributed by atoms with van der Waals surface area (Å²) in [4.78, 5) is 16.5. The van der Waals surface area contributed by atoms with Gasteiger partial charge in [0, 0.05) is 5.69 Å². The second-order valence-corrected chi connectivity index (χ2v) is 7.40. The fraction of sp³-hybridized carbons (Fsp3) is 0.286. The van der Waals surface area contributed by atoms with Crippen LogP contribution < -0.4 is 10.1 Å². The van der Waals surface area contributed by atoms with Gasteiger partial charge in [0.15, 0.2) is 5.82 Å². The zero-order chi connectivity index (χ0) is 19.9. The van der Waals surface area contributed by atoms with Crippen LogP contribution in [-0.4, -0.2) is 26.8 Å². The number of ether oxygens (including phenoxy) is 1. The highest BCUT2D eigenvalue weighted by molar-refractivity contribution is 7.99. The number of aromatic amines is 1. The van der Waals surface area contributed by atoms with E-state index in [9.17, 15) is 4.79 Å². The second-order valence-electron chi connectivity index (χ2n) is 6.46. The average molecular weight is 397 g/mol. The van der Waals surface area contributed by atoms with Gasteiger partial charge in [0.25, 0.3) is 0 Å². The lowest BCUT2D eigenvalue weighted by atomic mass is 10.1. The van der Waals surface area contributed by atoms with Gasteiger partial charge in [-0.1, -0.05) is 49.0 Å². The fourth-order valence-corrected chi connectivity index (χ4v) is 3.34. The van der Waals surface area contributed by atoms with Gasteiger partial charge in [-0.15, -0.1) is 5.10 Å². The third-order valence-electron chi connectivity index (χ3n) is 4.25. The van der Waals surface area contributed by atoms with E-state index in [2.05, 4.69) is 27.4 Å². The van der Waals surface area contributed by atoms with Crippen molar-refractivity contribution in [2.75, 3.05) is 11.1 Å². The highest BCUT2D eigenvalue weighted by Crippen LogP contribution is 2.23. The summed E-state index contributed by atoms with van der Waals surface area (Å²) < 4.78 is 5.87. The average Bonchev–Trinajstić information content (AvgIpc) is 3.14. The number of hydrogen-bond donors (Lipinski definition) is 2. The van der Waals surface area contributed by atoms with E-state index in [0.717, 1.165) is 29.0 Å². The van der Waals surface area contributed by atoms with Crippen LogP contribution in [0.5, 0.6) is 5.75 Å². The molecule has 0 saturated heterocycles. The fourth-order valence-electron chi connectivity index (χ4n) is 2.73. The number of H-pyrrole nitrogens is 1. The summed E-state index contributed by atoms with van der Waals surface area (Å²) in [5.41, 5.74) is 4.19. The van der Waals surface area contributed by atoms with Crippen molar-refractivity contribution in [3.8, 4) is 5.75 Å². The summed E-state index contributed by atoms with van der Waals surface area (Å²) in [5.74, 6) is 1.64. The number of aryl methyl sites for hydroxylation is 3. The summed E-state index contributed by atoms with van der Waals surface area (Å²) in [7, 11) is 0. The van der Waals surface area contributed by atoms with Crippen LogP contribution >= 0.6 is 11.8 Å². The molecule has 0 radical (unpaired) electrons. The van der Waals surface area contributed by atoms with E-state index in [0.29, 0.717) is 17.6 Å². The summed E-state index contributed by atoms with van der Waals surface area (Å²) in [6.07, 6.45) is 0.977. The zero-order valence-electron chi connectivity index (χ0n) is 16.3. The molecule has 0 bridgehead atoms. The Bertz CT molecular complexity index is 918. The predicted octanol–water partition coefficient (Wildman–Crippen LogP) is 4.29. The van der Waals surface area contributed by atoms with Crippen LogP contribution in [0.1, 0.15) is 29.4 Å². The number of rotatable bonds is 8. The van der Waals surface area contributed by atoms with Crippen molar-refractivity contribution in [3.05, 3.63) is 65.0 Å². The number of amides is 1. The van der Waals surface area contributed by atoms with E-state index in [1.807, 2.05) is 56.3 Å². The van der Waals surface area contributed by atoms with Crippen molar-refractivity contribution in [3.63, 3.8) is 0 Å². The number of aromatic nitrogens is 3. The van der Waals surface area contributed by atoms with Crippen LogP contribution in [0.3, 0.4) is 0 Å². The highest BCUT2D eigenvalue weighted by Gasteiger charge is 2.10. The predicted molar refractivity (Wildman–Crippen MR) is 112 cm³/mol. The van der Waals surface area contributed by atoms with Crippen LogP contribution in [0.4, 0.5) is 5.69 Å². The lowest BCUT2D eigenvalue weighted by Gasteiger charge is -2.10. The Balaban J connectivity index is 1.48. The smallest absolute Gasteiger partial charge is 0.234 e. The molecule has 6 nitrogen and oxygen atoms in total. The van der Waals surface area contributed by atoms with Gasteiger partial charge in [0.05, 0.1) is 5.75 Å². The number of carbonyl (C=O) groups excluding carboxylic acids is 1. The lowest BCUT2D eigenvalue weighted by Crippen LogP contribution is -2.14. The van der Waals surface area contributed by atoms with Crippen LogP contribution in [0.2, 0.25) is 0 Å². The number of nitrogens with one attached hydrogen (secondary N) is 2. The molecule has 3 aromatic rings. The standard InChI is InChI=1S/C21H24N4O2S/c1-4-16-8-10-17(11-9-16)22-19(26)13-28-21-23-18(24-25-21)12-27-20-14(2)6-5-7-15(20)3/h5-11H,4,12-13H2,1-3H3,(H,22,26)(H,23,24,25). The number of para-hydroxylation sites is 1. The molecule has 0 aliphatic rings. The van der Waals surface area contributed by atoms with E-state index in [1.54, 1.807) is 0 Å². The van der Waals surface area contributed by atoms with Crippen molar-refractivity contribution >= 4 is 23.4 Å². The Morgan fingerprint density at radius 3 is 2.54 bits per heavy atom. The molecule has 146 valence electrons. The number of anilines is 1. The van der Waals surface area contributed by atoms with Gasteiger partial charge in [-0.3, -0.25) is 9.89 Å². The Morgan fingerprint density at radius 1 is 1.14 bits per heavy atom. The number of nitrogens with zero attached hydrogens (tertiary/aromatic N) is 2. The molecular formula is C21H24N4O2S. The van der Waals surface area contributed by atoms with Crippen molar-refractivity contribution in [2.45, 2.75) is 39.0 Å². The van der Waals surface area contributed by atoms with E-state index >= 15 is 0 Å². The first-order chi connectivity index (χ1) is 13.5. The third kappa shape index (κ3) is 5.36. The SMILES string of the molecule is CCc1ccc(NC(=O)CSc2n[nH]c(COc3c(C)cccc3C)n2)cc1. The highest BCUT2D eigenvalue weighted by atomic mass is 32.2. The molecule has 28 heavy (non-hydrogen) atoms. The zero-order valence-corrected chi connectivity index (χ0v) is 17.1. The van der Waals surface area contributed by atoms with Gasteiger partial charge in [-0.25, -0.2) is 4.98 Å². The maximum Gasteiger partial charge on any atom is 0.234 e. The molecule has 0 spiro atoms. The van der Waals surface area contributed by atoms with Crippen molar-refractivity contribution in [1.29, 1.82) is 0 Å². The van der Waals surface area contributed by atoms with Gasteiger partial charge < -0.3 is 10.1 Å². The van der Waals surface area contributed by atoms with Gasteiger partial charge in [-0.2, -0.15) is 0 Å². The Hall–Kier alpha value is -2.80. The first-order valence-corrected chi connectivity index (χ1v) is 10.2. The second kappa shape index (κ2) is 9.41. The van der Waals surface area contributed by atoms with E-state index < -0.39 is 0 Å². The number of benzene rings is 2. The van der Waals surface area contributed by atoms with Crippen molar-refractivity contribution in [1.82, 2.24) is 15.2 Å². The quantitative estimate of drug-likeness (QED) is 0.555. The molecule has 0 atom stereocenters. The van der Waals surface area contributed by atoms with Crippen LogP contribution in [0.25, 0.3) is 0 Å². The minimum atomic E-state index is -0.0904. The molecule has 1 amide bonds. The van der Waals surface area contributed by atoms with Gasteiger partial charge in [-0.05, 0) is 49.1 Å². The van der Waals surface area contributed by atoms with Crippen molar-refractivity contribution in [2.24, 2.45) is 0 Å². The summed E-state index contributed by atoms with van der Waals surface area (Å²) >= 11 is 1.28. The number of thioether (sulfide) groups is 1. The Morgan fingerprint density at radius 2 is 1.86 bits per heavy atom. The molecule has 7 heteroatoms. The normalized spacial score (nSPS) is 10.7. The molecule has 0 saturated carbocycles. The number of carbonyl (C=O) groups is 1. The van der Waals surface area contributed by atoms with E-state index in [4.69, 9.17) is 4.74 Å². The van der Waals surface area contributed by atoms with E-state index in [-0.39, 0.29) is 11.7 Å². The molecule has 1 heterocycles. The summed E-state index contributed by atoms with van der Waals surface area (Å²) in [5, 5.41) is 10.4. The molecule has 0 unspecified atom stereocenters. The summed E-state index contributed by atoms with van der Waals surface area (Å²) in [6, 6.07) is 13.9. The third-order valence-corrected chi connectivity index (χ3v) is 5.10. The van der Waals surface area contributed by atoms with Crippen molar-refractivity contribution < 1.29 is 9.53 Å². The Kier molecular flexibility index (Phi) is 6.71. The van der Waals surface area contributed by atoms with Gasteiger partial charge in [0.2, 0.25) is 11.1 Å². The molecule has 1 aromatic heterocycles. The Labute approximate surface area is 169 Å². The molecule has 2 aromatic carbocycles. The molecule has 0 fully saturated rings. The van der Waals surface area contributed by atoms with Crippen LogP contribution in [-0.2, 0) is 17.8 Å². The first-order valence-electron chi connectivity index (χ1n) is 9.17. The maximum atomic E-state index is 12.1. The molecule has 0 aliphatic heterocycles. The van der Waals surface area contributed by atoms with Crippen LogP contribution in [0.15, 0.2) is 47.6 Å².